The highest BCUT2D eigenvalue weighted by Gasteiger charge is 2.11. The standard InChI is InChI=1S/C20H27N3O3/c1-5-13(2)15-6-8-16(9-7-15)23-20(21)22-12-14-10-17(25-3)19(24)18(11-14)26-4/h6-11,13,24H,5,12H2,1-4H3,(H3,21,22,23). The summed E-state index contributed by atoms with van der Waals surface area (Å²) in [6, 6.07) is 11.6. The number of nitrogens with two attached hydrogens (primary N) is 1. The maximum absolute atomic E-state index is 9.94. The smallest absolute Gasteiger partial charge is 0.200 e. The highest BCUT2D eigenvalue weighted by molar-refractivity contribution is 5.92. The number of hydrogen-bond donors (Lipinski definition) is 3. The fourth-order valence-corrected chi connectivity index (χ4v) is 2.53. The van der Waals surface area contributed by atoms with Crippen LogP contribution in [0.1, 0.15) is 37.3 Å². The summed E-state index contributed by atoms with van der Waals surface area (Å²) in [4.78, 5) is 4.33. The van der Waals surface area contributed by atoms with Crippen molar-refractivity contribution in [3.8, 4) is 17.2 Å². The van der Waals surface area contributed by atoms with Gasteiger partial charge in [0.15, 0.2) is 17.5 Å². The number of phenolic OH excluding ortho intramolecular Hbond substituents is 1. The van der Waals surface area contributed by atoms with Crippen LogP contribution in [0.5, 0.6) is 17.2 Å². The number of aliphatic imine (C=N–C) groups is 1. The molecule has 2 aromatic carbocycles. The van der Waals surface area contributed by atoms with E-state index in [-0.39, 0.29) is 5.75 Å². The van der Waals surface area contributed by atoms with E-state index in [2.05, 4.69) is 36.3 Å². The molecule has 6 nitrogen and oxygen atoms in total. The van der Waals surface area contributed by atoms with Gasteiger partial charge in [-0.15, -0.1) is 0 Å². The van der Waals surface area contributed by atoms with E-state index in [9.17, 15) is 5.11 Å². The summed E-state index contributed by atoms with van der Waals surface area (Å²) in [5.74, 6) is 1.49. The van der Waals surface area contributed by atoms with Gasteiger partial charge in [-0.1, -0.05) is 26.0 Å². The molecule has 0 radical (unpaired) electrons. The number of anilines is 1. The maximum Gasteiger partial charge on any atom is 0.200 e. The van der Waals surface area contributed by atoms with E-state index in [1.165, 1.54) is 19.8 Å². The van der Waals surface area contributed by atoms with Crippen molar-refractivity contribution in [3.63, 3.8) is 0 Å². The lowest BCUT2D eigenvalue weighted by molar-refractivity contribution is 0.339. The molecule has 0 amide bonds. The molecule has 0 heterocycles. The number of phenols is 1. The zero-order valence-electron chi connectivity index (χ0n) is 15.7. The van der Waals surface area contributed by atoms with Gasteiger partial charge in [-0.3, -0.25) is 0 Å². The average Bonchev–Trinajstić information content (AvgIpc) is 2.67. The number of aromatic hydroxyl groups is 1. The fourth-order valence-electron chi connectivity index (χ4n) is 2.53. The first kappa shape index (κ1) is 19.4. The molecule has 0 aliphatic heterocycles. The Morgan fingerprint density at radius 1 is 1.15 bits per heavy atom. The maximum atomic E-state index is 9.94. The molecule has 6 heteroatoms. The van der Waals surface area contributed by atoms with Gasteiger partial charge in [-0.05, 0) is 47.7 Å². The Morgan fingerprint density at radius 2 is 1.73 bits per heavy atom. The molecule has 0 saturated carbocycles. The van der Waals surface area contributed by atoms with Gasteiger partial charge in [0.05, 0.1) is 20.8 Å². The normalized spacial score (nSPS) is 12.5. The van der Waals surface area contributed by atoms with Crippen molar-refractivity contribution in [2.75, 3.05) is 19.5 Å². The molecule has 1 unspecified atom stereocenters. The molecular formula is C20H27N3O3. The minimum absolute atomic E-state index is 0.0322. The number of ether oxygens (including phenoxy) is 2. The van der Waals surface area contributed by atoms with E-state index in [1.807, 2.05) is 12.1 Å². The summed E-state index contributed by atoms with van der Waals surface area (Å²) < 4.78 is 10.3. The second-order valence-electron chi connectivity index (χ2n) is 6.11. The van der Waals surface area contributed by atoms with Gasteiger partial charge in [0.25, 0.3) is 0 Å². The molecule has 2 aromatic rings. The highest BCUT2D eigenvalue weighted by Crippen LogP contribution is 2.37. The van der Waals surface area contributed by atoms with E-state index in [0.29, 0.717) is 29.9 Å². The monoisotopic (exact) mass is 357 g/mol. The van der Waals surface area contributed by atoms with E-state index >= 15 is 0 Å². The topological polar surface area (TPSA) is 89.1 Å². The molecule has 2 rings (SSSR count). The first-order valence-corrected chi connectivity index (χ1v) is 8.59. The third kappa shape index (κ3) is 4.81. The molecule has 0 aliphatic carbocycles. The molecule has 0 spiro atoms. The van der Waals surface area contributed by atoms with Crippen LogP contribution in [0.2, 0.25) is 0 Å². The molecule has 140 valence electrons. The van der Waals surface area contributed by atoms with Gasteiger partial charge < -0.3 is 25.6 Å². The summed E-state index contributed by atoms with van der Waals surface area (Å²) in [5.41, 5.74) is 8.98. The summed E-state index contributed by atoms with van der Waals surface area (Å²) in [6.07, 6.45) is 1.11. The first-order chi connectivity index (χ1) is 12.5. The predicted octanol–water partition coefficient (Wildman–Crippen LogP) is 3.85. The molecule has 0 aliphatic rings. The molecular weight excluding hydrogens is 330 g/mol. The average molecular weight is 357 g/mol. The summed E-state index contributed by atoms with van der Waals surface area (Å²) >= 11 is 0. The third-order valence-electron chi connectivity index (χ3n) is 4.34. The quantitative estimate of drug-likeness (QED) is 0.517. The van der Waals surface area contributed by atoms with Crippen molar-refractivity contribution in [2.45, 2.75) is 32.7 Å². The lowest BCUT2D eigenvalue weighted by Gasteiger charge is -2.12. The van der Waals surface area contributed by atoms with Crippen LogP contribution in [-0.4, -0.2) is 25.3 Å². The van der Waals surface area contributed by atoms with Crippen LogP contribution in [0.4, 0.5) is 5.69 Å². The zero-order chi connectivity index (χ0) is 19.1. The summed E-state index contributed by atoms with van der Waals surface area (Å²) in [6.45, 7) is 4.71. The van der Waals surface area contributed by atoms with Gasteiger partial charge >= 0.3 is 0 Å². The Labute approximate surface area is 154 Å². The minimum Gasteiger partial charge on any atom is -0.502 e. The van der Waals surface area contributed by atoms with Crippen molar-refractivity contribution in [1.82, 2.24) is 0 Å². The van der Waals surface area contributed by atoms with Gasteiger partial charge in [0.2, 0.25) is 5.75 Å². The fraction of sp³-hybridized carbons (Fsp3) is 0.350. The number of rotatable bonds is 7. The molecule has 1 atom stereocenters. The van der Waals surface area contributed by atoms with Crippen molar-refractivity contribution in [3.05, 3.63) is 47.5 Å². The molecule has 0 saturated heterocycles. The first-order valence-electron chi connectivity index (χ1n) is 8.59. The van der Waals surface area contributed by atoms with Crippen molar-refractivity contribution in [1.29, 1.82) is 0 Å². The molecule has 4 N–H and O–H groups in total. The number of hydrogen-bond acceptors (Lipinski definition) is 4. The summed E-state index contributed by atoms with van der Waals surface area (Å²) in [5, 5.41) is 13.0. The molecule has 0 fully saturated rings. The molecule has 0 aromatic heterocycles. The van der Waals surface area contributed by atoms with Crippen molar-refractivity contribution < 1.29 is 14.6 Å². The van der Waals surface area contributed by atoms with Crippen molar-refractivity contribution in [2.24, 2.45) is 10.7 Å². The van der Waals surface area contributed by atoms with E-state index in [1.54, 1.807) is 12.1 Å². The van der Waals surface area contributed by atoms with Crippen LogP contribution < -0.4 is 20.5 Å². The Morgan fingerprint density at radius 3 is 2.23 bits per heavy atom. The van der Waals surface area contributed by atoms with Crippen LogP contribution in [0.15, 0.2) is 41.4 Å². The Kier molecular flexibility index (Phi) is 6.72. The highest BCUT2D eigenvalue weighted by atomic mass is 16.5. The van der Waals surface area contributed by atoms with Crippen molar-refractivity contribution >= 4 is 11.6 Å². The van der Waals surface area contributed by atoms with Crippen LogP contribution in [0.25, 0.3) is 0 Å². The third-order valence-corrected chi connectivity index (χ3v) is 4.34. The van der Waals surface area contributed by atoms with Gasteiger partial charge in [-0.25, -0.2) is 4.99 Å². The van der Waals surface area contributed by atoms with Crippen LogP contribution in [0.3, 0.4) is 0 Å². The molecule has 0 bridgehead atoms. The summed E-state index contributed by atoms with van der Waals surface area (Å²) in [7, 11) is 2.97. The SMILES string of the molecule is CCC(C)c1ccc(NC(N)=NCc2cc(OC)c(O)c(OC)c2)cc1. The number of nitrogens with zero attached hydrogens (tertiary/aromatic N) is 1. The number of nitrogens with one attached hydrogen (secondary N) is 1. The van der Waals surface area contributed by atoms with Gasteiger partial charge in [-0.2, -0.15) is 0 Å². The van der Waals surface area contributed by atoms with Gasteiger partial charge in [0, 0.05) is 5.69 Å². The Balaban J connectivity index is 2.06. The van der Waals surface area contributed by atoms with Crippen LogP contribution in [0, 0.1) is 0 Å². The number of benzene rings is 2. The molecule has 26 heavy (non-hydrogen) atoms. The minimum atomic E-state index is -0.0322. The lowest BCUT2D eigenvalue weighted by atomic mass is 9.99. The van der Waals surface area contributed by atoms with Gasteiger partial charge in [0.1, 0.15) is 0 Å². The second-order valence-corrected chi connectivity index (χ2v) is 6.11. The van der Waals surface area contributed by atoms with Crippen LogP contribution in [-0.2, 0) is 6.54 Å². The largest absolute Gasteiger partial charge is 0.502 e. The zero-order valence-corrected chi connectivity index (χ0v) is 15.7. The Bertz CT molecular complexity index is 732. The van der Waals surface area contributed by atoms with E-state index in [0.717, 1.165) is 17.7 Å². The number of methoxy groups -OCH3 is 2. The van der Waals surface area contributed by atoms with E-state index < -0.39 is 0 Å². The lowest BCUT2D eigenvalue weighted by Crippen LogP contribution is -2.22. The Hall–Kier alpha value is -2.89. The second kappa shape index (κ2) is 8.99. The van der Waals surface area contributed by atoms with Crippen LogP contribution >= 0.6 is 0 Å². The predicted molar refractivity (Wildman–Crippen MR) is 105 cm³/mol. The number of guanidine groups is 1. The van der Waals surface area contributed by atoms with E-state index in [4.69, 9.17) is 15.2 Å².